The van der Waals surface area contributed by atoms with E-state index < -0.39 is 0 Å². The van der Waals surface area contributed by atoms with Crippen molar-refractivity contribution in [2.75, 3.05) is 51.8 Å². The number of anilines is 1. The second kappa shape index (κ2) is 15.4. The molecule has 1 heterocycles. The first-order valence-electron chi connectivity index (χ1n) is 10.3. The number of nitrogens with one attached hydrogen (secondary N) is 3. The van der Waals surface area contributed by atoms with Gasteiger partial charge in [0, 0.05) is 51.9 Å². The largest absolute Gasteiger partial charge is 0.379 e. The zero-order valence-electron chi connectivity index (χ0n) is 17.7. The molecule has 3 N–H and O–H groups in total. The average molecular weight is 517 g/mol. The summed E-state index contributed by atoms with van der Waals surface area (Å²) in [4.78, 5) is 18.8. The Morgan fingerprint density at radius 2 is 2.00 bits per heavy atom. The maximum atomic E-state index is 12.2. The highest BCUT2D eigenvalue weighted by molar-refractivity contribution is 14.0. The van der Waals surface area contributed by atoms with Gasteiger partial charge in [-0.15, -0.1) is 24.0 Å². The number of carbonyl (C=O) groups excluding carboxylic acids is 1. The number of rotatable bonds is 10. The van der Waals surface area contributed by atoms with Gasteiger partial charge in [-0.2, -0.15) is 0 Å². The van der Waals surface area contributed by atoms with E-state index in [1.54, 1.807) is 7.05 Å². The van der Waals surface area contributed by atoms with Crippen molar-refractivity contribution in [2.45, 2.75) is 39.2 Å². The van der Waals surface area contributed by atoms with Gasteiger partial charge in [-0.1, -0.05) is 31.9 Å². The predicted molar refractivity (Wildman–Crippen MR) is 130 cm³/mol. The van der Waals surface area contributed by atoms with E-state index in [9.17, 15) is 4.79 Å². The zero-order valence-corrected chi connectivity index (χ0v) is 20.0. The molecule has 1 aromatic rings. The van der Waals surface area contributed by atoms with Gasteiger partial charge >= 0.3 is 0 Å². The van der Waals surface area contributed by atoms with Gasteiger partial charge in [0.25, 0.3) is 0 Å². The normalized spacial score (nSPS) is 14.8. The molecule has 1 saturated heterocycles. The summed E-state index contributed by atoms with van der Waals surface area (Å²) < 4.78 is 5.33. The van der Waals surface area contributed by atoms with Crippen LogP contribution in [0.3, 0.4) is 0 Å². The minimum atomic E-state index is 0. The fraction of sp³-hybridized carbons (Fsp3) is 0.619. The fourth-order valence-corrected chi connectivity index (χ4v) is 3.06. The molecule has 7 nitrogen and oxygen atoms in total. The van der Waals surface area contributed by atoms with Gasteiger partial charge in [-0.3, -0.25) is 14.7 Å². The molecule has 0 bridgehead atoms. The predicted octanol–water partition coefficient (Wildman–Crippen LogP) is 2.82. The van der Waals surface area contributed by atoms with E-state index >= 15 is 0 Å². The molecular weight excluding hydrogens is 481 g/mol. The highest BCUT2D eigenvalue weighted by Gasteiger charge is 2.12. The third kappa shape index (κ3) is 10.8. The maximum Gasteiger partial charge on any atom is 0.225 e. The molecule has 1 aliphatic heterocycles. The van der Waals surface area contributed by atoms with Crippen molar-refractivity contribution in [1.29, 1.82) is 0 Å². The highest BCUT2D eigenvalue weighted by Crippen LogP contribution is 2.11. The number of hydrogen-bond donors (Lipinski definition) is 3. The Bertz CT molecular complexity index is 621. The number of amides is 1. The molecule has 8 heteroatoms. The van der Waals surface area contributed by atoms with Crippen molar-refractivity contribution in [2.24, 2.45) is 4.99 Å². The monoisotopic (exact) mass is 517 g/mol. The molecule has 1 amide bonds. The molecule has 0 saturated carbocycles. The first kappa shape index (κ1) is 25.6. The molecule has 1 fully saturated rings. The number of ether oxygens (including phenoxy) is 1. The number of morpholine rings is 1. The third-order valence-corrected chi connectivity index (χ3v) is 4.73. The fourth-order valence-electron chi connectivity index (χ4n) is 3.06. The summed E-state index contributed by atoms with van der Waals surface area (Å²) in [6, 6.07) is 7.94. The topological polar surface area (TPSA) is 78.0 Å². The Morgan fingerprint density at radius 1 is 1.21 bits per heavy atom. The van der Waals surface area contributed by atoms with Crippen LogP contribution < -0.4 is 16.0 Å². The summed E-state index contributed by atoms with van der Waals surface area (Å²) in [7, 11) is 1.78. The lowest BCUT2D eigenvalue weighted by atomic mass is 10.2. The molecule has 164 valence electrons. The number of benzene rings is 1. The average Bonchev–Trinajstić information content (AvgIpc) is 2.73. The van der Waals surface area contributed by atoms with E-state index in [2.05, 4.69) is 32.8 Å². The molecule has 0 spiro atoms. The van der Waals surface area contributed by atoms with Crippen molar-refractivity contribution in [3.8, 4) is 0 Å². The van der Waals surface area contributed by atoms with Crippen LogP contribution >= 0.6 is 24.0 Å². The number of carbonyl (C=O) groups is 1. The molecule has 0 radical (unpaired) electrons. The summed E-state index contributed by atoms with van der Waals surface area (Å²) in [5.41, 5.74) is 1.93. The summed E-state index contributed by atoms with van der Waals surface area (Å²) >= 11 is 0. The lowest BCUT2D eigenvalue weighted by Gasteiger charge is -2.26. The number of aliphatic imine (C=N–C) groups is 1. The molecule has 0 atom stereocenters. The van der Waals surface area contributed by atoms with Gasteiger partial charge in [0.05, 0.1) is 13.2 Å². The smallest absolute Gasteiger partial charge is 0.225 e. The summed E-state index contributed by atoms with van der Waals surface area (Å²) in [6.45, 7) is 7.88. The van der Waals surface area contributed by atoms with Crippen molar-refractivity contribution in [1.82, 2.24) is 15.5 Å². The van der Waals surface area contributed by atoms with Gasteiger partial charge in [0.1, 0.15) is 0 Å². The first-order valence-corrected chi connectivity index (χ1v) is 10.3. The summed E-state index contributed by atoms with van der Waals surface area (Å²) in [6.07, 6.45) is 4.07. The summed E-state index contributed by atoms with van der Waals surface area (Å²) in [5.74, 6) is 0.848. The molecular formula is C21H36IN5O2. The van der Waals surface area contributed by atoms with Gasteiger partial charge in [0.15, 0.2) is 5.96 Å². The van der Waals surface area contributed by atoms with Gasteiger partial charge in [0.2, 0.25) is 5.91 Å². The number of guanidine groups is 1. The lowest BCUT2D eigenvalue weighted by molar-refractivity contribution is -0.116. The maximum absolute atomic E-state index is 12.2. The first-order chi connectivity index (χ1) is 13.7. The minimum Gasteiger partial charge on any atom is -0.379 e. The van der Waals surface area contributed by atoms with E-state index in [0.29, 0.717) is 13.0 Å². The van der Waals surface area contributed by atoms with Crippen LogP contribution in [0.1, 0.15) is 38.2 Å². The lowest BCUT2D eigenvalue weighted by Crippen LogP contribution is -2.38. The second-order valence-corrected chi connectivity index (χ2v) is 7.01. The van der Waals surface area contributed by atoms with E-state index in [4.69, 9.17) is 4.74 Å². The molecule has 0 aliphatic carbocycles. The molecule has 0 unspecified atom stereocenters. The number of nitrogens with zero attached hydrogens (tertiary/aromatic N) is 2. The Hall–Kier alpha value is -1.39. The van der Waals surface area contributed by atoms with Crippen LogP contribution in [0.15, 0.2) is 29.3 Å². The van der Waals surface area contributed by atoms with Crippen LogP contribution in [-0.2, 0) is 16.1 Å². The number of unbranched alkanes of at least 4 members (excludes halogenated alkanes) is 2. The Labute approximate surface area is 192 Å². The van der Waals surface area contributed by atoms with Crippen LogP contribution in [0.2, 0.25) is 0 Å². The molecule has 29 heavy (non-hydrogen) atoms. The molecule has 0 aromatic heterocycles. The third-order valence-electron chi connectivity index (χ3n) is 4.73. The summed E-state index contributed by atoms with van der Waals surface area (Å²) in [5, 5.41) is 9.65. The van der Waals surface area contributed by atoms with Gasteiger partial charge in [-0.05, 0) is 24.1 Å². The van der Waals surface area contributed by atoms with Crippen LogP contribution in [-0.4, -0.2) is 63.2 Å². The van der Waals surface area contributed by atoms with E-state index in [1.807, 2.05) is 24.3 Å². The van der Waals surface area contributed by atoms with Crippen molar-refractivity contribution < 1.29 is 9.53 Å². The van der Waals surface area contributed by atoms with Crippen molar-refractivity contribution in [3.63, 3.8) is 0 Å². The molecule has 1 aromatic carbocycles. The quantitative estimate of drug-likeness (QED) is 0.193. The minimum absolute atomic E-state index is 0. The van der Waals surface area contributed by atoms with Crippen LogP contribution in [0.5, 0.6) is 0 Å². The Kier molecular flexibility index (Phi) is 13.7. The van der Waals surface area contributed by atoms with Crippen molar-refractivity contribution >= 4 is 41.5 Å². The SMILES string of the molecule is CCCCCNC(=NC)NCc1cccc(NC(=O)CCN2CCOCC2)c1.I. The standard InChI is InChI=1S/C21H35N5O2.HI/c1-3-4-5-10-23-21(22-2)24-17-18-7-6-8-19(16-18)25-20(27)9-11-26-12-14-28-15-13-26;/h6-8,16H,3-5,9-15,17H2,1-2H3,(H,25,27)(H2,22,23,24);1H. The van der Waals surface area contributed by atoms with Gasteiger partial charge < -0.3 is 20.7 Å². The number of hydrogen-bond acceptors (Lipinski definition) is 4. The van der Waals surface area contributed by atoms with E-state index in [0.717, 1.165) is 63.0 Å². The molecule has 1 aliphatic rings. The van der Waals surface area contributed by atoms with E-state index in [1.165, 1.54) is 12.8 Å². The zero-order chi connectivity index (χ0) is 20.0. The van der Waals surface area contributed by atoms with Crippen molar-refractivity contribution in [3.05, 3.63) is 29.8 Å². The molecule has 2 rings (SSSR count). The van der Waals surface area contributed by atoms with Crippen LogP contribution in [0.25, 0.3) is 0 Å². The van der Waals surface area contributed by atoms with Crippen LogP contribution in [0, 0.1) is 0 Å². The second-order valence-electron chi connectivity index (χ2n) is 7.01. The van der Waals surface area contributed by atoms with Crippen LogP contribution in [0.4, 0.5) is 5.69 Å². The van der Waals surface area contributed by atoms with Gasteiger partial charge in [-0.25, -0.2) is 0 Å². The van der Waals surface area contributed by atoms with E-state index in [-0.39, 0.29) is 29.9 Å². The number of halogens is 1. The Balaban J connectivity index is 0.00000420. The Morgan fingerprint density at radius 3 is 2.72 bits per heavy atom. The highest BCUT2D eigenvalue weighted by atomic mass is 127.